The molecule has 1 aliphatic heterocycles. The van der Waals surface area contributed by atoms with Gasteiger partial charge in [-0.15, -0.1) is 0 Å². The fraction of sp³-hybridized carbons (Fsp3) is 0.381. The molecule has 0 aliphatic carbocycles. The van der Waals surface area contributed by atoms with Crippen LogP contribution in [0.15, 0.2) is 42.6 Å². The van der Waals surface area contributed by atoms with Crippen LogP contribution in [0.3, 0.4) is 0 Å². The maximum atomic E-state index is 12.5. The highest BCUT2D eigenvalue weighted by Gasteiger charge is 2.14. The quantitative estimate of drug-likeness (QED) is 0.736. The normalized spacial score (nSPS) is 13.4. The molecule has 2 aromatic rings. The van der Waals surface area contributed by atoms with Gasteiger partial charge in [-0.1, -0.05) is 13.3 Å². The number of carbonyl (C=O) groups excluding carboxylic acids is 2. The van der Waals surface area contributed by atoms with Crippen LogP contribution < -0.4 is 15.5 Å². The van der Waals surface area contributed by atoms with Crippen molar-refractivity contribution in [1.29, 1.82) is 0 Å². The number of hydrogen-bond donors (Lipinski definition) is 2. The molecule has 0 saturated carbocycles. The second-order valence-electron chi connectivity index (χ2n) is 6.73. The van der Waals surface area contributed by atoms with Crippen molar-refractivity contribution in [2.24, 2.45) is 0 Å². The highest BCUT2D eigenvalue weighted by atomic mass is 16.2. The van der Waals surface area contributed by atoms with E-state index in [1.807, 2.05) is 24.3 Å². The molecule has 0 atom stereocenters. The van der Waals surface area contributed by atoms with Crippen LogP contribution in [0.2, 0.25) is 0 Å². The number of nitrogens with one attached hydrogen (secondary N) is 2. The Balaban J connectivity index is 1.62. The van der Waals surface area contributed by atoms with Crippen molar-refractivity contribution in [3.63, 3.8) is 0 Å². The largest absolute Gasteiger partial charge is 0.372 e. The molecule has 3 rings (SSSR count). The van der Waals surface area contributed by atoms with Gasteiger partial charge in [0.15, 0.2) is 0 Å². The summed E-state index contributed by atoms with van der Waals surface area (Å²) >= 11 is 0. The number of benzene rings is 1. The van der Waals surface area contributed by atoms with Crippen molar-refractivity contribution < 1.29 is 9.59 Å². The molecule has 6 nitrogen and oxygen atoms in total. The molecule has 1 aliphatic rings. The molecule has 2 amide bonds. The SMILES string of the molecule is CCCCNC(=O)c1cc(C(=O)Nc2ccc(N3CCCC3)cc2)ccn1. The number of hydrogen-bond acceptors (Lipinski definition) is 4. The van der Waals surface area contributed by atoms with Crippen LogP contribution in [0.5, 0.6) is 0 Å². The lowest BCUT2D eigenvalue weighted by atomic mass is 10.2. The summed E-state index contributed by atoms with van der Waals surface area (Å²) < 4.78 is 0. The summed E-state index contributed by atoms with van der Waals surface area (Å²) in [6.07, 6.45) is 5.87. The number of anilines is 2. The van der Waals surface area contributed by atoms with Gasteiger partial charge in [0, 0.05) is 42.8 Å². The van der Waals surface area contributed by atoms with E-state index in [9.17, 15) is 9.59 Å². The van der Waals surface area contributed by atoms with Gasteiger partial charge in [-0.05, 0) is 55.7 Å². The van der Waals surface area contributed by atoms with E-state index in [4.69, 9.17) is 0 Å². The fourth-order valence-electron chi connectivity index (χ4n) is 3.10. The predicted octanol–water partition coefficient (Wildman–Crippen LogP) is 3.46. The van der Waals surface area contributed by atoms with Crippen LogP contribution in [0, 0.1) is 0 Å². The van der Waals surface area contributed by atoms with Gasteiger partial charge in [0.1, 0.15) is 5.69 Å². The first-order valence-electron chi connectivity index (χ1n) is 9.58. The Morgan fingerprint density at radius 3 is 2.52 bits per heavy atom. The molecule has 2 heterocycles. The van der Waals surface area contributed by atoms with E-state index in [0.717, 1.165) is 31.6 Å². The Bertz CT molecular complexity index is 783. The highest BCUT2D eigenvalue weighted by molar-refractivity contribution is 6.05. The van der Waals surface area contributed by atoms with Crippen LogP contribution in [-0.2, 0) is 0 Å². The van der Waals surface area contributed by atoms with E-state index in [2.05, 4.69) is 27.4 Å². The van der Waals surface area contributed by atoms with Gasteiger partial charge >= 0.3 is 0 Å². The first-order chi connectivity index (χ1) is 13.2. The second kappa shape index (κ2) is 9.16. The smallest absolute Gasteiger partial charge is 0.269 e. The maximum absolute atomic E-state index is 12.5. The minimum absolute atomic E-state index is 0.253. The number of nitrogens with zero attached hydrogens (tertiary/aromatic N) is 2. The van der Waals surface area contributed by atoms with Gasteiger partial charge in [0.2, 0.25) is 0 Å². The molecule has 2 N–H and O–H groups in total. The molecular formula is C21H26N4O2. The second-order valence-corrected chi connectivity index (χ2v) is 6.73. The fourth-order valence-corrected chi connectivity index (χ4v) is 3.10. The van der Waals surface area contributed by atoms with Crippen molar-refractivity contribution in [2.45, 2.75) is 32.6 Å². The van der Waals surface area contributed by atoms with Crippen LogP contribution in [0.4, 0.5) is 11.4 Å². The highest BCUT2D eigenvalue weighted by Crippen LogP contribution is 2.22. The van der Waals surface area contributed by atoms with Crippen molar-refractivity contribution in [1.82, 2.24) is 10.3 Å². The van der Waals surface area contributed by atoms with E-state index < -0.39 is 0 Å². The van der Waals surface area contributed by atoms with Gasteiger partial charge in [-0.25, -0.2) is 0 Å². The zero-order chi connectivity index (χ0) is 19.1. The van der Waals surface area contributed by atoms with Crippen LogP contribution in [0.25, 0.3) is 0 Å². The summed E-state index contributed by atoms with van der Waals surface area (Å²) in [5, 5.41) is 5.69. The molecule has 142 valence electrons. The molecule has 0 spiro atoms. The standard InChI is InChI=1S/C21H26N4O2/c1-2-3-11-23-21(27)19-15-16(10-12-22-19)20(26)24-17-6-8-18(9-7-17)25-13-4-5-14-25/h6-10,12,15H,2-5,11,13-14H2,1H3,(H,23,27)(H,24,26). The average Bonchev–Trinajstić information content (AvgIpc) is 3.23. The van der Waals surface area contributed by atoms with Crippen molar-refractivity contribution in [3.05, 3.63) is 53.9 Å². The molecule has 1 aromatic carbocycles. The summed E-state index contributed by atoms with van der Waals surface area (Å²) in [7, 11) is 0. The monoisotopic (exact) mass is 366 g/mol. The zero-order valence-corrected chi connectivity index (χ0v) is 15.7. The van der Waals surface area contributed by atoms with Crippen LogP contribution in [0.1, 0.15) is 53.5 Å². The summed E-state index contributed by atoms with van der Waals surface area (Å²) in [4.78, 5) is 31.0. The third-order valence-electron chi connectivity index (χ3n) is 4.67. The Morgan fingerprint density at radius 1 is 1.07 bits per heavy atom. The van der Waals surface area contributed by atoms with Crippen LogP contribution in [-0.4, -0.2) is 36.4 Å². The Hall–Kier alpha value is -2.89. The van der Waals surface area contributed by atoms with Gasteiger partial charge in [-0.3, -0.25) is 14.6 Å². The first kappa shape index (κ1) is 18.9. The lowest BCUT2D eigenvalue weighted by Crippen LogP contribution is -2.25. The molecular weight excluding hydrogens is 340 g/mol. The van der Waals surface area contributed by atoms with Crippen molar-refractivity contribution >= 4 is 23.2 Å². The Kier molecular flexibility index (Phi) is 6.41. The summed E-state index contributed by atoms with van der Waals surface area (Å²) in [6, 6.07) is 11.0. The Morgan fingerprint density at radius 2 is 1.81 bits per heavy atom. The number of amides is 2. The number of unbranched alkanes of at least 4 members (excludes halogenated alkanes) is 1. The van der Waals surface area contributed by atoms with Crippen LogP contribution >= 0.6 is 0 Å². The summed E-state index contributed by atoms with van der Waals surface area (Å²) in [5.41, 5.74) is 2.58. The maximum Gasteiger partial charge on any atom is 0.269 e. The molecule has 6 heteroatoms. The zero-order valence-electron chi connectivity index (χ0n) is 15.7. The lowest BCUT2D eigenvalue weighted by molar-refractivity contribution is 0.0948. The summed E-state index contributed by atoms with van der Waals surface area (Å²) in [6.45, 7) is 4.85. The van der Waals surface area contributed by atoms with Crippen molar-refractivity contribution in [2.75, 3.05) is 29.9 Å². The molecule has 0 bridgehead atoms. The molecule has 1 saturated heterocycles. The van der Waals surface area contributed by atoms with Gasteiger partial charge in [-0.2, -0.15) is 0 Å². The Labute approximate surface area is 160 Å². The third kappa shape index (κ3) is 5.06. The van der Waals surface area contributed by atoms with Gasteiger partial charge in [0.05, 0.1) is 0 Å². The van der Waals surface area contributed by atoms with Gasteiger partial charge < -0.3 is 15.5 Å². The lowest BCUT2D eigenvalue weighted by Gasteiger charge is -2.17. The number of pyridine rings is 1. The molecule has 0 unspecified atom stereocenters. The predicted molar refractivity (Wildman–Crippen MR) is 107 cm³/mol. The van der Waals surface area contributed by atoms with E-state index in [1.54, 1.807) is 6.07 Å². The third-order valence-corrected chi connectivity index (χ3v) is 4.67. The number of carbonyl (C=O) groups is 2. The van der Waals surface area contributed by atoms with E-state index in [0.29, 0.717) is 12.1 Å². The topological polar surface area (TPSA) is 74.3 Å². The van der Waals surface area contributed by atoms with E-state index >= 15 is 0 Å². The number of aromatic nitrogens is 1. The summed E-state index contributed by atoms with van der Waals surface area (Å²) in [5.74, 6) is -0.512. The van der Waals surface area contributed by atoms with Gasteiger partial charge in [0.25, 0.3) is 11.8 Å². The average molecular weight is 366 g/mol. The van der Waals surface area contributed by atoms with E-state index in [-0.39, 0.29) is 17.5 Å². The molecule has 1 aromatic heterocycles. The first-order valence-corrected chi connectivity index (χ1v) is 9.58. The molecule has 1 fully saturated rings. The van der Waals surface area contributed by atoms with Crippen molar-refractivity contribution in [3.8, 4) is 0 Å². The molecule has 0 radical (unpaired) electrons. The molecule has 27 heavy (non-hydrogen) atoms. The van der Waals surface area contributed by atoms with E-state index in [1.165, 1.54) is 30.8 Å². The minimum Gasteiger partial charge on any atom is -0.372 e. The minimum atomic E-state index is -0.256. The number of rotatable bonds is 7.